The summed E-state index contributed by atoms with van der Waals surface area (Å²) in [4.78, 5) is 16.4. The first kappa shape index (κ1) is 24.0. The maximum atomic E-state index is 12.0. The number of guanidine groups is 1. The third-order valence-corrected chi connectivity index (χ3v) is 6.22. The average molecular weight is 518 g/mol. The molecule has 8 heteroatoms. The molecule has 1 heterocycles. The number of nitrogens with zero attached hydrogens (tertiary/aromatic N) is 1. The van der Waals surface area contributed by atoms with Crippen molar-refractivity contribution in [1.82, 2.24) is 16.0 Å². The second-order valence-electron chi connectivity index (χ2n) is 7.86. The predicted molar refractivity (Wildman–Crippen MR) is 125 cm³/mol. The van der Waals surface area contributed by atoms with Crippen molar-refractivity contribution >= 4 is 35.8 Å². The van der Waals surface area contributed by atoms with Gasteiger partial charge in [-0.3, -0.25) is 9.79 Å². The smallest absolute Gasteiger partial charge is 0.287 e. The Kier molecular flexibility index (Phi) is 9.26. The van der Waals surface area contributed by atoms with Crippen LogP contribution in [0.1, 0.15) is 61.6 Å². The fraction of sp³-hybridized carbons (Fsp3) is 0.714. The number of ether oxygens (including phenoxy) is 1. The van der Waals surface area contributed by atoms with Gasteiger partial charge in [0.2, 0.25) is 0 Å². The lowest BCUT2D eigenvalue weighted by molar-refractivity contribution is -0.125. The lowest BCUT2D eigenvalue weighted by atomic mass is 9.60. The molecule has 1 aromatic rings. The minimum absolute atomic E-state index is 0. The van der Waals surface area contributed by atoms with Crippen molar-refractivity contribution in [3.05, 3.63) is 23.7 Å². The van der Waals surface area contributed by atoms with Gasteiger partial charge in [-0.1, -0.05) is 12.8 Å². The number of carbonyl (C=O) groups excluding carboxylic acids is 1. The zero-order valence-electron chi connectivity index (χ0n) is 17.8. The molecule has 2 aliphatic carbocycles. The van der Waals surface area contributed by atoms with Gasteiger partial charge in [0.25, 0.3) is 5.91 Å². The van der Waals surface area contributed by atoms with E-state index in [1.807, 2.05) is 6.92 Å². The molecule has 2 unspecified atom stereocenters. The highest BCUT2D eigenvalue weighted by atomic mass is 127. The van der Waals surface area contributed by atoms with Gasteiger partial charge < -0.3 is 25.1 Å². The molecule has 2 saturated carbocycles. The first-order valence-electron chi connectivity index (χ1n) is 10.5. The number of aryl methyl sites for hydroxylation is 1. The normalized spacial score (nSPS) is 22.7. The monoisotopic (exact) mass is 518 g/mol. The van der Waals surface area contributed by atoms with Crippen LogP contribution in [0.15, 0.2) is 21.7 Å². The van der Waals surface area contributed by atoms with Crippen LogP contribution in [0.25, 0.3) is 0 Å². The summed E-state index contributed by atoms with van der Waals surface area (Å²) < 4.78 is 11.2. The SMILES string of the molecule is CCOC1CC(NC(=NC)NCCCNC(=O)c2occc2C)C12CCCC2.I. The number of hydrogen-bond donors (Lipinski definition) is 3. The fourth-order valence-corrected chi connectivity index (χ4v) is 4.63. The van der Waals surface area contributed by atoms with E-state index in [9.17, 15) is 4.79 Å². The summed E-state index contributed by atoms with van der Waals surface area (Å²) in [7, 11) is 1.80. The number of halogens is 1. The van der Waals surface area contributed by atoms with Gasteiger partial charge in [0.05, 0.1) is 12.4 Å². The molecule has 1 amide bonds. The quantitative estimate of drug-likeness (QED) is 0.213. The molecule has 29 heavy (non-hydrogen) atoms. The van der Waals surface area contributed by atoms with Gasteiger partial charge in [0.1, 0.15) is 0 Å². The molecule has 0 aliphatic heterocycles. The summed E-state index contributed by atoms with van der Waals surface area (Å²) in [5.41, 5.74) is 1.13. The zero-order valence-corrected chi connectivity index (χ0v) is 20.1. The van der Waals surface area contributed by atoms with Gasteiger partial charge in [-0.2, -0.15) is 0 Å². The largest absolute Gasteiger partial charge is 0.459 e. The zero-order chi connectivity index (χ0) is 20.0. The summed E-state index contributed by atoms with van der Waals surface area (Å²) in [6.07, 6.45) is 8.85. The van der Waals surface area contributed by atoms with Crippen LogP contribution in [0, 0.1) is 12.3 Å². The Bertz CT molecular complexity index is 685. The summed E-state index contributed by atoms with van der Waals surface area (Å²) >= 11 is 0. The molecule has 0 aromatic carbocycles. The maximum absolute atomic E-state index is 12.0. The minimum atomic E-state index is -0.162. The van der Waals surface area contributed by atoms with Crippen molar-refractivity contribution in [2.75, 3.05) is 26.7 Å². The highest BCUT2D eigenvalue weighted by Gasteiger charge is 2.56. The minimum Gasteiger partial charge on any atom is -0.459 e. The van der Waals surface area contributed by atoms with E-state index in [1.165, 1.54) is 31.9 Å². The first-order valence-corrected chi connectivity index (χ1v) is 10.5. The number of nitrogens with one attached hydrogen (secondary N) is 3. The molecule has 0 bridgehead atoms. The Hall–Kier alpha value is -1.29. The predicted octanol–water partition coefficient (Wildman–Crippen LogP) is 3.23. The molecular weight excluding hydrogens is 483 g/mol. The Morgan fingerprint density at radius 1 is 1.31 bits per heavy atom. The molecule has 3 N–H and O–H groups in total. The van der Waals surface area contributed by atoms with Crippen LogP contribution in [0.5, 0.6) is 0 Å². The van der Waals surface area contributed by atoms with E-state index in [4.69, 9.17) is 9.15 Å². The third kappa shape index (κ3) is 5.45. The van der Waals surface area contributed by atoms with Crippen molar-refractivity contribution in [2.45, 2.75) is 64.5 Å². The number of rotatable bonds is 8. The van der Waals surface area contributed by atoms with Crippen LogP contribution in [0.2, 0.25) is 0 Å². The fourth-order valence-electron chi connectivity index (χ4n) is 4.63. The summed E-state index contributed by atoms with van der Waals surface area (Å²) in [5.74, 6) is 1.06. The van der Waals surface area contributed by atoms with Crippen LogP contribution < -0.4 is 16.0 Å². The van der Waals surface area contributed by atoms with Crippen LogP contribution >= 0.6 is 24.0 Å². The van der Waals surface area contributed by atoms with Gasteiger partial charge in [0.15, 0.2) is 11.7 Å². The maximum Gasteiger partial charge on any atom is 0.287 e. The van der Waals surface area contributed by atoms with E-state index in [-0.39, 0.29) is 35.3 Å². The van der Waals surface area contributed by atoms with Crippen LogP contribution in [-0.4, -0.2) is 50.8 Å². The average Bonchev–Trinajstić information content (AvgIpc) is 3.36. The molecule has 0 radical (unpaired) electrons. The molecular formula is C21H35IN4O3. The molecule has 1 aromatic heterocycles. The second kappa shape index (κ2) is 11.2. The lowest BCUT2D eigenvalue weighted by Crippen LogP contribution is -2.65. The molecule has 2 aliphatic rings. The molecule has 0 saturated heterocycles. The number of furan rings is 1. The standard InChI is InChI=1S/C21H34N4O3.HI/c1-4-27-17-14-16(21(17)9-5-6-10-21)25-20(22-3)24-12-7-11-23-19(26)18-15(2)8-13-28-18;/h8,13,16-17H,4-7,9-12,14H2,1-3H3,(H,23,26)(H2,22,24,25);1H. The summed E-state index contributed by atoms with van der Waals surface area (Å²) in [6, 6.07) is 2.22. The molecule has 164 valence electrons. The highest BCUT2D eigenvalue weighted by Crippen LogP contribution is 2.54. The highest BCUT2D eigenvalue weighted by molar-refractivity contribution is 14.0. The Morgan fingerprint density at radius 2 is 2.03 bits per heavy atom. The van der Waals surface area contributed by atoms with E-state index in [1.54, 1.807) is 13.1 Å². The van der Waals surface area contributed by atoms with Gasteiger partial charge in [-0.15, -0.1) is 24.0 Å². The molecule has 2 atom stereocenters. The van der Waals surface area contributed by atoms with Crippen molar-refractivity contribution < 1.29 is 13.9 Å². The van der Waals surface area contributed by atoms with Crippen molar-refractivity contribution in [3.63, 3.8) is 0 Å². The van der Waals surface area contributed by atoms with E-state index >= 15 is 0 Å². The van der Waals surface area contributed by atoms with Gasteiger partial charge in [0, 0.05) is 43.8 Å². The van der Waals surface area contributed by atoms with Crippen molar-refractivity contribution in [3.8, 4) is 0 Å². The lowest BCUT2D eigenvalue weighted by Gasteiger charge is -2.54. The van der Waals surface area contributed by atoms with E-state index in [0.717, 1.165) is 37.5 Å². The van der Waals surface area contributed by atoms with Crippen molar-refractivity contribution in [2.24, 2.45) is 10.4 Å². The number of carbonyl (C=O) groups is 1. The van der Waals surface area contributed by atoms with Gasteiger partial charge in [-0.05, 0) is 45.6 Å². The first-order chi connectivity index (χ1) is 13.6. The van der Waals surface area contributed by atoms with E-state index in [0.29, 0.717) is 24.5 Å². The topological polar surface area (TPSA) is 87.9 Å². The van der Waals surface area contributed by atoms with Crippen molar-refractivity contribution in [1.29, 1.82) is 0 Å². The molecule has 1 spiro atoms. The Morgan fingerprint density at radius 3 is 2.66 bits per heavy atom. The molecule has 7 nitrogen and oxygen atoms in total. The summed E-state index contributed by atoms with van der Waals surface area (Å²) in [6.45, 7) is 6.06. The number of amides is 1. The Balaban J connectivity index is 0.00000300. The van der Waals surface area contributed by atoms with Crippen LogP contribution in [0.3, 0.4) is 0 Å². The number of aliphatic imine (C=N–C) groups is 1. The van der Waals surface area contributed by atoms with Gasteiger partial charge in [-0.25, -0.2) is 0 Å². The summed E-state index contributed by atoms with van der Waals surface area (Å²) in [5, 5.41) is 9.87. The van der Waals surface area contributed by atoms with Crippen LogP contribution in [0.4, 0.5) is 0 Å². The van der Waals surface area contributed by atoms with Crippen LogP contribution in [-0.2, 0) is 4.74 Å². The Labute approximate surface area is 190 Å². The molecule has 3 rings (SSSR count). The number of hydrogen-bond acceptors (Lipinski definition) is 4. The third-order valence-electron chi connectivity index (χ3n) is 6.22. The van der Waals surface area contributed by atoms with E-state index in [2.05, 4.69) is 27.9 Å². The van der Waals surface area contributed by atoms with Gasteiger partial charge >= 0.3 is 0 Å². The molecule has 2 fully saturated rings. The van der Waals surface area contributed by atoms with E-state index < -0.39 is 0 Å². The second-order valence-corrected chi connectivity index (χ2v) is 7.86.